The molecule has 1 aliphatic rings. The van der Waals surface area contributed by atoms with Crippen LogP contribution in [0.1, 0.15) is 38.3 Å². The van der Waals surface area contributed by atoms with Gasteiger partial charge < -0.3 is 0 Å². The first-order valence-corrected chi connectivity index (χ1v) is 6.06. The molecule has 0 spiro atoms. The molecule has 0 amide bonds. The van der Waals surface area contributed by atoms with Gasteiger partial charge in [-0.3, -0.25) is 4.90 Å². The van der Waals surface area contributed by atoms with E-state index < -0.39 is 0 Å². The average molecular weight is 203 g/mol. The summed E-state index contributed by atoms with van der Waals surface area (Å²) in [6, 6.07) is 11.4. The van der Waals surface area contributed by atoms with Gasteiger partial charge in [-0.1, -0.05) is 37.3 Å². The number of benzene rings is 1. The second kappa shape index (κ2) is 4.80. The summed E-state index contributed by atoms with van der Waals surface area (Å²) in [5.41, 5.74) is 1.45. The van der Waals surface area contributed by atoms with Gasteiger partial charge in [0.25, 0.3) is 0 Å². The van der Waals surface area contributed by atoms with Gasteiger partial charge in [0.2, 0.25) is 0 Å². The molecule has 0 aliphatic carbocycles. The summed E-state index contributed by atoms with van der Waals surface area (Å²) in [7, 11) is 0. The van der Waals surface area contributed by atoms with Crippen molar-refractivity contribution in [3.05, 3.63) is 35.9 Å². The van der Waals surface area contributed by atoms with E-state index in [1.807, 2.05) is 0 Å². The van der Waals surface area contributed by atoms with Crippen LogP contribution in [-0.4, -0.2) is 18.0 Å². The molecule has 0 saturated carbocycles. The molecule has 82 valence electrons. The molecule has 1 nitrogen and oxygen atoms in total. The highest BCUT2D eigenvalue weighted by Gasteiger charge is 2.21. The van der Waals surface area contributed by atoms with Gasteiger partial charge in [0.15, 0.2) is 0 Å². The smallest absolute Gasteiger partial charge is 0.0319 e. The Morgan fingerprint density at radius 2 is 2.00 bits per heavy atom. The molecule has 15 heavy (non-hydrogen) atoms. The predicted octanol–water partition coefficient (Wildman–Crippen LogP) is 3.48. The van der Waals surface area contributed by atoms with Crippen LogP contribution in [0.3, 0.4) is 0 Å². The van der Waals surface area contributed by atoms with Crippen molar-refractivity contribution in [3.63, 3.8) is 0 Å². The Morgan fingerprint density at radius 1 is 1.27 bits per heavy atom. The first kappa shape index (κ1) is 10.7. The van der Waals surface area contributed by atoms with Crippen LogP contribution in [0, 0.1) is 5.92 Å². The number of nitrogens with zero attached hydrogens (tertiary/aromatic N) is 1. The SMILES string of the molecule is C[C@@H]1CCCN([C@H](C)c2ccccc2)C1. The molecule has 1 aromatic carbocycles. The van der Waals surface area contributed by atoms with Crippen molar-refractivity contribution >= 4 is 0 Å². The van der Waals surface area contributed by atoms with Crippen molar-refractivity contribution in [1.82, 2.24) is 4.90 Å². The molecule has 2 atom stereocenters. The van der Waals surface area contributed by atoms with Crippen LogP contribution in [0.15, 0.2) is 30.3 Å². The van der Waals surface area contributed by atoms with Crippen molar-refractivity contribution in [2.75, 3.05) is 13.1 Å². The Kier molecular flexibility index (Phi) is 3.42. The minimum atomic E-state index is 0.578. The van der Waals surface area contributed by atoms with E-state index in [9.17, 15) is 0 Å². The third-order valence-corrected chi connectivity index (χ3v) is 3.52. The predicted molar refractivity (Wildman–Crippen MR) is 64.8 cm³/mol. The monoisotopic (exact) mass is 203 g/mol. The molecule has 0 N–H and O–H groups in total. The lowest BCUT2D eigenvalue weighted by molar-refractivity contribution is 0.139. The lowest BCUT2D eigenvalue weighted by Crippen LogP contribution is -2.36. The zero-order valence-electron chi connectivity index (χ0n) is 9.82. The van der Waals surface area contributed by atoms with E-state index in [1.54, 1.807) is 0 Å². The quantitative estimate of drug-likeness (QED) is 0.711. The molecule has 1 aromatic rings. The van der Waals surface area contributed by atoms with Crippen LogP contribution in [0.5, 0.6) is 0 Å². The Labute approximate surface area is 93.1 Å². The van der Waals surface area contributed by atoms with Gasteiger partial charge in [-0.15, -0.1) is 0 Å². The summed E-state index contributed by atoms with van der Waals surface area (Å²) in [4.78, 5) is 2.61. The highest BCUT2D eigenvalue weighted by molar-refractivity contribution is 5.18. The Balaban J connectivity index is 2.04. The van der Waals surface area contributed by atoms with Crippen molar-refractivity contribution in [3.8, 4) is 0 Å². The summed E-state index contributed by atoms with van der Waals surface area (Å²) in [5, 5.41) is 0. The van der Waals surface area contributed by atoms with Gasteiger partial charge in [-0.25, -0.2) is 0 Å². The largest absolute Gasteiger partial charge is 0.296 e. The number of hydrogen-bond acceptors (Lipinski definition) is 1. The summed E-state index contributed by atoms with van der Waals surface area (Å²) in [5.74, 6) is 0.866. The normalized spacial score (nSPS) is 25.1. The maximum atomic E-state index is 2.61. The van der Waals surface area contributed by atoms with Crippen LogP contribution in [0.2, 0.25) is 0 Å². The van der Waals surface area contributed by atoms with Gasteiger partial charge in [-0.2, -0.15) is 0 Å². The maximum Gasteiger partial charge on any atom is 0.0319 e. The molecule has 2 rings (SSSR count). The lowest BCUT2D eigenvalue weighted by atomic mass is 9.97. The van der Waals surface area contributed by atoms with E-state index >= 15 is 0 Å². The van der Waals surface area contributed by atoms with E-state index in [4.69, 9.17) is 0 Å². The molecule has 0 aromatic heterocycles. The van der Waals surface area contributed by atoms with Gasteiger partial charge in [0, 0.05) is 12.6 Å². The molecule has 1 fully saturated rings. The van der Waals surface area contributed by atoms with E-state index in [2.05, 4.69) is 49.1 Å². The van der Waals surface area contributed by atoms with E-state index in [-0.39, 0.29) is 0 Å². The summed E-state index contributed by atoms with van der Waals surface area (Å²) < 4.78 is 0. The fourth-order valence-electron chi connectivity index (χ4n) is 2.52. The third kappa shape index (κ3) is 2.60. The second-order valence-electron chi connectivity index (χ2n) is 4.83. The van der Waals surface area contributed by atoms with E-state index in [1.165, 1.54) is 31.5 Å². The van der Waals surface area contributed by atoms with Crippen molar-refractivity contribution in [1.29, 1.82) is 0 Å². The molecule has 1 aliphatic heterocycles. The van der Waals surface area contributed by atoms with Gasteiger partial charge in [-0.05, 0) is 37.8 Å². The third-order valence-electron chi connectivity index (χ3n) is 3.52. The summed E-state index contributed by atoms with van der Waals surface area (Å²) >= 11 is 0. The van der Waals surface area contributed by atoms with Crippen molar-refractivity contribution in [2.24, 2.45) is 5.92 Å². The number of hydrogen-bond donors (Lipinski definition) is 0. The van der Waals surface area contributed by atoms with Crippen LogP contribution in [0.4, 0.5) is 0 Å². The maximum absolute atomic E-state index is 2.61. The van der Waals surface area contributed by atoms with Crippen molar-refractivity contribution < 1.29 is 0 Å². The fraction of sp³-hybridized carbons (Fsp3) is 0.571. The molecular weight excluding hydrogens is 182 g/mol. The Bertz CT molecular complexity index is 293. The van der Waals surface area contributed by atoms with Gasteiger partial charge >= 0.3 is 0 Å². The van der Waals surface area contributed by atoms with Gasteiger partial charge in [0.05, 0.1) is 0 Å². The van der Waals surface area contributed by atoms with Crippen LogP contribution < -0.4 is 0 Å². The average Bonchev–Trinajstić information content (AvgIpc) is 2.29. The van der Waals surface area contributed by atoms with Crippen LogP contribution in [-0.2, 0) is 0 Å². The minimum Gasteiger partial charge on any atom is -0.296 e. The molecule has 1 saturated heterocycles. The molecular formula is C14H21N. The molecule has 0 unspecified atom stereocenters. The molecule has 0 bridgehead atoms. The highest BCUT2D eigenvalue weighted by Crippen LogP contribution is 2.25. The Morgan fingerprint density at radius 3 is 2.67 bits per heavy atom. The zero-order chi connectivity index (χ0) is 10.7. The van der Waals surface area contributed by atoms with Crippen molar-refractivity contribution in [2.45, 2.75) is 32.7 Å². The van der Waals surface area contributed by atoms with Crippen LogP contribution in [0.25, 0.3) is 0 Å². The van der Waals surface area contributed by atoms with E-state index in [0.717, 1.165) is 5.92 Å². The summed E-state index contributed by atoms with van der Waals surface area (Å²) in [6.07, 6.45) is 2.76. The van der Waals surface area contributed by atoms with Crippen LogP contribution >= 0.6 is 0 Å². The number of likely N-dealkylation sites (tertiary alicyclic amines) is 1. The number of piperidine rings is 1. The standard InChI is InChI=1S/C14H21N/c1-12-7-6-10-15(11-12)13(2)14-8-4-3-5-9-14/h3-5,8-9,12-13H,6-7,10-11H2,1-2H3/t12-,13-/m1/s1. The topological polar surface area (TPSA) is 3.24 Å². The zero-order valence-corrected chi connectivity index (χ0v) is 9.82. The highest BCUT2D eigenvalue weighted by atomic mass is 15.2. The fourth-order valence-corrected chi connectivity index (χ4v) is 2.52. The Hall–Kier alpha value is -0.820. The second-order valence-corrected chi connectivity index (χ2v) is 4.83. The summed E-state index contributed by atoms with van der Waals surface area (Å²) in [6.45, 7) is 7.22. The molecule has 0 radical (unpaired) electrons. The van der Waals surface area contributed by atoms with E-state index in [0.29, 0.717) is 6.04 Å². The first-order chi connectivity index (χ1) is 7.27. The molecule has 1 heteroatoms. The first-order valence-electron chi connectivity index (χ1n) is 6.06. The molecule has 1 heterocycles. The minimum absolute atomic E-state index is 0.578. The van der Waals surface area contributed by atoms with Gasteiger partial charge in [0.1, 0.15) is 0 Å². The number of rotatable bonds is 2. The lowest BCUT2D eigenvalue weighted by Gasteiger charge is -2.35.